The van der Waals surface area contributed by atoms with Gasteiger partial charge >= 0.3 is 0 Å². The standard InChI is InChI=1S/C19H20ClN3O2/c1-23(13-16-5-2-4-15(10-16)12-21)14-19(24)22-8-9-25-18-7-3-6-17(20)11-18/h2-7,10-11H,8-9,13-14H2,1H3,(H,22,24). The van der Waals surface area contributed by atoms with Crippen molar-refractivity contribution in [1.82, 2.24) is 10.2 Å². The molecule has 0 aliphatic carbocycles. The van der Waals surface area contributed by atoms with Crippen LogP contribution in [0.5, 0.6) is 5.75 Å². The summed E-state index contributed by atoms with van der Waals surface area (Å²) in [6.45, 7) is 1.67. The summed E-state index contributed by atoms with van der Waals surface area (Å²) < 4.78 is 5.52. The third-order valence-electron chi connectivity index (χ3n) is 3.41. The Bertz CT molecular complexity index is 758. The van der Waals surface area contributed by atoms with Gasteiger partial charge in [-0.05, 0) is 42.9 Å². The zero-order chi connectivity index (χ0) is 18.1. The van der Waals surface area contributed by atoms with Crippen molar-refractivity contribution in [1.29, 1.82) is 5.26 Å². The molecule has 5 nitrogen and oxygen atoms in total. The van der Waals surface area contributed by atoms with Gasteiger partial charge in [-0.3, -0.25) is 9.69 Å². The highest BCUT2D eigenvalue weighted by atomic mass is 35.5. The molecule has 0 saturated heterocycles. The van der Waals surface area contributed by atoms with Crippen LogP contribution in [0.1, 0.15) is 11.1 Å². The van der Waals surface area contributed by atoms with Crippen LogP contribution < -0.4 is 10.1 Å². The first-order valence-corrected chi connectivity index (χ1v) is 8.27. The lowest BCUT2D eigenvalue weighted by Gasteiger charge is -2.16. The van der Waals surface area contributed by atoms with E-state index in [1.807, 2.05) is 42.3 Å². The summed E-state index contributed by atoms with van der Waals surface area (Å²) in [6.07, 6.45) is 0. The molecule has 1 N–H and O–H groups in total. The number of carbonyl (C=O) groups is 1. The molecule has 25 heavy (non-hydrogen) atoms. The number of rotatable bonds is 8. The summed E-state index contributed by atoms with van der Waals surface area (Å²) in [6, 6.07) is 16.6. The van der Waals surface area contributed by atoms with Gasteiger partial charge in [-0.15, -0.1) is 0 Å². The van der Waals surface area contributed by atoms with Crippen molar-refractivity contribution in [2.24, 2.45) is 0 Å². The molecule has 0 radical (unpaired) electrons. The third kappa shape index (κ3) is 6.84. The van der Waals surface area contributed by atoms with Crippen LogP contribution >= 0.6 is 11.6 Å². The van der Waals surface area contributed by atoms with Crippen LogP contribution in [-0.4, -0.2) is 37.6 Å². The minimum atomic E-state index is -0.0753. The topological polar surface area (TPSA) is 65.4 Å². The summed E-state index contributed by atoms with van der Waals surface area (Å²) in [4.78, 5) is 13.8. The highest BCUT2D eigenvalue weighted by Gasteiger charge is 2.07. The predicted molar refractivity (Wildman–Crippen MR) is 97.4 cm³/mol. The number of nitrogens with zero attached hydrogens (tertiary/aromatic N) is 2. The summed E-state index contributed by atoms with van der Waals surface area (Å²) in [5, 5.41) is 12.3. The molecular weight excluding hydrogens is 338 g/mol. The number of benzene rings is 2. The highest BCUT2D eigenvalue weighted by molar-refractivity contribution is 6.30. The molecule has 0 atom stereocenters. The maximum absolute atomic E-state index is 12.0. The Balaban J connectivity index is 1.68. The molecule has 2 aromatic rings. The average Bonchev–Trinajstić information content (AvgIpc) is 2.59. The van der Waals surface area contributed by atoms with Gasteiger partial charge in [0.25, 0.3) is 0 Å². The van der Waals surface area contributed by atoms with Crippen LogP contribution in [0.3, 0.4) is 0 Å². The molecule has 6 heteroatoms. The summed E-state index contributed by atoms with van der Waals surface area (Å²) in [5.74, 6) is 0.602. The van der Waals surface area contributed by atoms with E-state index in [9.17, 15) is 4.79 Å². The van der Waals surface area contributed by atoms with Gasteiger partial charge < -0.3 is 10.1 Å². The first-order chi connectivity index (χ1) is 12.1. The molecule has 1 amide bonds. The molecule has 2 rings (SSSR count). The van der Waals surface area contributed by atoms with E-state index < -0.39 is 0 Å². The number of ether oxygens (including phenoxy) is 1. The fourth-order valence-corrected chi connectivity index (χ4v) is 2.50. The Hall–Kier alpha value is -2.55. The van der Waals surface area contributed by atoms with Gasteiger partial charge in [0.05, 0.1) is 24.7 Å². The summed E-state index contributed by atoms with van der Waals surface area (Å²) in [5.41, 5.74) is 1.62. The fourth-order valence-electron chi connectivity index (χ4n) is 2.32. The number of nitrogens with one attached hydrogen (secondary N) is 1. The number of hydrogen-bond acceptors (Lipinski definition) is 4. The Kier molecular flexibility index (Phi) is 7.27. The van der Waals surface area contributed by atoms with E-state index in [0.717, 1.165) is 5.56 Å². The van der Waals surface area contributed by atoms with Crippen molar-refractivity contribution in [3.63, 3.8) is 0 Å². The van der Waals surface area contributed by atoms with Crippen LogP contribution in [0.25, 0.3) is 0 Å². The second-order valence-electron chi connectivity index (χ2n) is 5.64. The van der Waals surface area contributed by atoms with Crippen molar-refractivity contribution in [2.75, 3.05) is 26.7 Å². The van der Waals surface area contributed by atoms with Gasteiger partial charge in [0, 0.05) is 11.6 Å². The van der Waals surface area contributed by atoms with Gasteiger partial charge in [-0.25, -0.2) is 0 Å². The van der Waals surface area contributed by atoms with E-state index in [-0.39, 0.29) is 12.5 Å². The fraction of sp³-hybridized carbons (Fsp3) is 0.263. The number of hydrogen-bond donors (Lipinski definition) is 1. The van der Waals surface area contributed by atoms with Gasteiger partial charge in [-0.1, -0.05) is 29.8 Å². The van der Waals surface area contributed by atoms with E-state index in [0.29, 0.717) is 36.0 Å². The number of carbonyl (C=O) groups excluding carboxylic acids is 1. The molecular formula is C19H20ClN3O2. The number of nitriles is 1. The van der Waals surface area contributed by atoms with Crippen molar-refractivity contribution in [3.05, 3.63) is 64.7 Å². The third-order valence-corrected chi connectivity index (χ3v) is 3.65. The monoisotopic (exact) mass is 357 g/mol. The molecule has 2 aromatic carbocycles. The molecule has 0 aliphatic rings. The quantitative estimate of drug-likeness (QED) is 0.738. The summed E-state index contributed by atoms with van der Waals surface area (Å²) in [7, 11) is 1.86. The molecule has 0 aromatic heterocycles. The normalized spacial score (nSPS) is 10.3. The summed E-state index contributed by atoms with van der Waals surface area (Å²) >= 11 is 5.88. The minimum Gasteiger partial charge on any atom is -0.492 e. The zero-order valence-corrected chi connectivity index (χ0v) is 14.8. The molecule has 0 spiro atoms. The van der Waals surface area contributed by atoms with Crippen molar-refractivity contribution < 1.29 is 9.53 Å². The Morgan fingerprint density at radius 2 is 2.08 bits per heavy atom. The molecule has 0 aliphatic heterocycles. The molecule has 0 fully saturated rings. The number of amides is 1. The second-order valence-corrected chi connectivity index (χ2v) is 6.08. The lowest BCUT2D eigenvalue weighted by molar-refractivity contribution is -0.122. The van der Waals surface area contributed by atoms with Crippen LogP contribution in [0.4, 0.5) is 0 Å². The van der Waals surface area contributed by atoms with Crippen LogP contribution in [-0.2, 0) is 11.3 Å². The Morgan fingerprint density at radius 3 is 2.84 bits per heavy atom. The molecule has 0 heterocycles. The van der Waals surface area contributed by atoms with Gasteiger partial charge in [0.15, 0.2) is 0 Å². The van der Waals surface area contributed by atoms with Crippen LogP contribution in [0, 0.1) is 11.3 Å². The largest absolute Gasteiger partial charge is 0.492 e. The maximum Gasteiger partial charge on any atom is 0.234 e. The highest BCUT2D eigenvalue weighted by Crippen LogP contribution is 2.16. The lowest BCUT2D eigenvalue weighted by atomic mass is 10.1. The van der Waals surface area contributed by atoms with E-state index in [4.69, 9.17) is 21.6 Å². The van der Waals surface area contributed by atoms with E-state index in [1.165, 1.54) is 0 Å². The zero-order valence-electron chi connectivity index (χ0n) is 14.0. The van der Waals surface area contributed by atoms with Gasteiger partial charge in [0.2, 0.25) is 5.91 Å². The number of likely N-dealkylation sites (N-methyl/N-ethyl adjacent to an activating group) is 1. The Labute approximate surface area is 152 Å². The smallest absolute Gasteiger partial charge is 0.234 e. The average molecular weight is 358 g/mol. The second kappa shape index (κ2) is 9.67. The maximum atomic E-state index is 12.0. The molecule has 0 saturated carbocycles. The molecule has 0 bridgehead atoms. The minimum absolute atomic E-state index is 0.0753. The SMILES string of the molecule is CN(CC(=O)NCCOc1cccc(Cl)c1)Cc1cccc(C#N)c1. The first-order valence-electron chi connectivity index (χ1n) is 7.89. The molecule has 130 valence electrons. The predicted octanol–water partition coefficient (Wildman–Crippen LogP) is 2.84. The first kappa shape index (κ1) is 18.8. The van der Waals surface area contributed by atoms with E-state index >= 15 is 0 Å². The van der Waals surface area contributed by atoms with Crippen molar-refractivity contribution >= 4 is 17.5 Å². The van der Waals surface area contributed by atoms with E-state index in [1.54, 1.807) is 18.2 Å². The Morgan fingerprint density at radius 1 is 1.28 bits per heavy atom. The van der Waals surface area contributed by atoms with E-state index in [2.05, 4.69) is 11.4 Å². The van der Waals surface area contributed by atoms with Crippen molar-refractivity contribution in [2.45, 2.75) is 6.54 Å². The van der Waals surface area contributed by atoms with Crippen LogP contribution in [0.15, 0.2) is 48.5 Å². The number of halogens is 1. The van der Waals surface area contributed by atoms with Gasteiger partial charge in [0.1, 0.15) is 12.4 Å². The van der Waals surface area contributed by atoms with Crippen LogP contribution in [0.2, 0.25) is 5.02 Å². The molecule has 0 unspecified atom stereocenters. The van der Waals surface area contributed by atoms with Gasteiger partial charge in [-0.2, -0.15) is 5.26 Å². The lowest BCUT2D eigenvalue weighted by Crippen LogP contribution is -2.36. The van der Waals surface area contributed by atoms with Crippen molar-refractivity contribution in [3.8, 4) is 11.8 Å².